The molecule has 0 spiro atoms. The molecule has 0 radical (unpaired) electrons. The quantitative estimate of drug-likeness (QED) is 0.320. The van der Waals surface area contributed by atoms with Crippen molar-refractivity contribution in [2.45, 2.75) is 32.4 Å². The number of hydrogen-bond acceptors (Lipinski definition) is 4. The summed E-state index contributed by atoms with van der Waals surface area (Å²) in [6, 6.07) is 14.7. The molecule has 1 aliphatic heterocycles. The van der Waals surface area contributed by atoms with Crippen LogP contribution in [0.5, 0.6) is 0 Å². The zero-order valence-electron chi connectivity index (χ0n) is 17.7. The molecule has 2 N–H and O–H groups in total. The highest BCUT2D eigenvalue weighted by molar-refractivity contribution is 14.0. The lowest BCUT2D eigenvalue weighted by Gasteiger charge is -2.33. The molecule has 6 nitrogen and oxygen atoms in total. The van der Waals surface area contributed by atoms with Gasteiger partial charge in [0.25, 0.3) is 0 Å². The largest absolute Gasteiger partial charge is 0.363 e. The number of thiophene rings is 1. The van der Waals surface area contributed by atoms with Crippen LogP contribution in [0.1, 0.15) is 25.3 Å². The van der Waals surface area contributed by atoms with Crippen LogP contribution in [-0.2, 0) is 11.3 Å². The van der Waals surface area contributed by atoms with E-state index in [1.807, 2.05) is 42.2 Å². The van der Waals surface area contributed by atoms with E-state index in [2.05, 4.69) is 38.0 Å². The van der Waals surface area contributed by atoms with Gasteiger partial charge in [0.15, 0.2) is 5.96 Å². The molecule has 0 aliphatic carbocycles. The van der Waals surface area contributed by atoms with Crippen molar-refractivity contribution >= 4 is 52.2 Å². The Balaban J connectivity index is 0.00000320. The Kier molecular flexibility index (Phi) is 10.4. The highest BCUT2D eigenvalue weighted by atomic mass is 127. The van der Waals surface area contributed by atoms with Crippen LogP contribution in [-0.4, -0.2) is 56.0 Å². The molecule has 1 aromatic heterocycles. The van der Waals surface area contributed by atoms with E-state index < -0.39 is 0 Å². The summed E-state index contributed by atoms with van der Waals surface area (Å²) in [6.45, 7) is 5.64. The molecule has 1 saturated heterocycles. The molecule has 0 saturated carbocycles. The summed E-state index contributed by atoms with van der Waals surface area (Å²) in [5.41, 5.74) is 1.14. The Hall–Kier alpha value is -1.81. The SMILES string of the molecule is CCN(Cc1ccccc1)C(=O)CNC(=NC)NC1CCN(c2cccs2)CC1.I. The molecule has 1 aliphatic rings. The van der Waals surface area contributed by atoms with E-state index in [0.717, 1.165) is 31.5 Å². The normalized spacial score (nSPS) is 14.7. The van der Waals surface area contributed by atoms with Crippen molar-refractivity contribution in [3.05, 3.63) is 53.4 Å². The van der Waals surface area contributed by atoms with Gasteiger partial charge in [0.1, 0.15) is 0 Å². The molecule has 1 amide bonds. The minimum absolute atomic E-state index is 0. The van der Waals surface area contributed by atoms with Crippen molar-refractivity contribution in [1.29, 1.82) is 0 Å². The standard InChI is InChI=1S/C22H31N5OS.HI/c1-3-26(17-18-8-5-4-6-9-18)20(28)16-24-22(23-2)25-19-11-13-27(14-12-19)21-10-7-15-29-21;/h4-10,15,19H,3,11-14,16-17H2,1-2H3,(H2,23,24,25);1H. The van der Waals surface area contributed by atoms with Gasteiger partial charge in [-0.1, -0.05) is 30.3 Å². The third-order valence-electron chi connectivity index (χ3n) is 5.23. The zero-order valence-corrected chi connectivity index (χ0v) is 20.9. The summed E-state index contributed by atoms with van der Waals surface area (Å²) in [5.74, 6) is 0.774. The van der Waals surface area contributed by atoms with Crippen LogP contribution in [0.25, 0.3) is 0 Å². The van der Waals surface area contributed by atoms with Crippen molar-refractivity contribution in [3.63, 3.8) is 0 Å². The molecule has 3 rings (SSSR count). The zero-order chi connectivity index (χ0) is 20.5. The Morgan fingerprint density at radius 2 is 1.93 bits per heavy atom. The van der Waals surface area contributed by atoms with Crippen molar-refractivity contribution in [2.24, 2.45) is 4.99 Å². The predicted octanol–water partition coefficient (Wildman–Crippen LogP) is 3.55. The average Bonchev–Trinajstić information content (AvgIpc) is 3.31. The lowest BCUT2D eigenvalue weighted by Crippen LogP contribution is -2.50. The number of rotatable bonds is 7. The first kappa shape index (κ1) is 24.5. The fourth-order valence-electron chi connectivity index (χ4n) is 3.53. The fraction of sp³-hybridized carbons (Fsp3) is 0.455. The van der Waals surface area contributed by atoms with Crippen LogP contribution in [0.15, 0.2) is 52.8 Å². The fourth-order valence-corrected chi connectivity index (χ4v) is 4.32. The number of halogens is 1. The second-order valence-corrected chi connectivity index (χ2v) is 8.10. The minimum Gasteiger partial charge on any atom is -0.363 e. The summed E-state index contributed by atoms with van der Waals surface area (Å²) >= 11 is 1.79. The molecule has 8 heteroatoms. The molecule has 0 bridgehead atoms. The summed E-state index contributed by atoms with van der Waals surface area (Å²) in [6.07, 6.45) is 2.11. The van der Waals surface area contributed by atoms with Gasteiger partial charge in [-0.05, 0) is 42.8 Å². The summed E-state index contributed by atoms with van der Waals surface area (Å²) < 4.78 is 0. The summed E-state index contributed by atoms with van der Waals surface area (Å²) in [7, 11) is 1.75. The molecule has 1 aromatic carbocycles. The first-order chi connectivity index (χ1) is 14.2. The average molecular weight is 542 g/mol. The van der Waals surface area contributed by atoms with Gasteiger partial charge in [0, 0.05) is 39.3 Å². The van der Waals surface area contributed by atoms with Crippen LogP contribution >= 0.6 is 35.3 Å². The van der Waals surface area contributed by atoms with Gasteiger partial charge < -0.3 is 20.4 Å². The molecular weight excluding hydrogens is 509 g/mol. The first-order valence-corrected chi connectivity index (χ1v) is 11.1. The second kappa shape index (κ2) is 12.8. The Morgan fingerprint density at radius 1 is 1.20 bits per heavy atom. The number of nitrogens with zero attached hydrogens (tertiary/aromatic N) is 3. The van der Waals surface area contributed by atoms with Crippen molar-refractivity contribution in [1.82, 2.24) is 15.5 Å². The van der Waals surface area contributed by atoms with E-state index in [4.69, 9.17) is 0 Å². The van der Waals surface area contributed by atoms with E-state index in [0.29, 0.717) is 25.1 Å². The van der Waals surface area contributed by atoms with Crippen LogP contribution in [0.2, 0.25) is 0 Å². The number of hydrogen-bond donors (Lipinski definition) is 2. The van der Waals surface area contributed by atoms with Gasteiger partial charge in [0.2, 0.25) is 5.91 Å². The Labute approximate surface area is 200 Å². The number of aliphatic imine (C=N–C) groups is 1. The molecule has 30 heavy (non-hydrogen) atoms. The number of nitrogens with one attached hydrogen (secondary N) is 2. The van der Waals surface area contributed by atoms with Gasteiger partial charge in [-0.3, -0.25) is 9.79 Å². The van der Waals surface area contributed by atoms with Gasteiger partial charge >= 0.3 is 0 Å². The van der Waals surface area contributed by atoms with E-state index in [1.54, 1.807) is 18.4 Å². The first-order valence-electron chi connectivity index (χ1n) is 10.3. The number of guanidine groups is 1. The van der Waals surface area contributed by atoms with E-state index >= 15 is 0 Å². The number of anilines is 1. The molecule has 1 fully saturated rings. The number of amides is 1. The molecule has 2 aromatic rings. The number of benzene rings is 1. The predicted molar refractivity (Wildman–Crippen MR) is 137 cm³/mol. The van der Waals surface area contributed by atoms with E-state index in [9.17, 15) is 4.79 Å². The second-order valence-electron chi connectivity index (χ2n) is 7.18. The number of carbonyl (C=O) groups excluding carboxylic acids is 1. The molecule has 164 valence electrons. The van der Waals surface area contributed by atoms with Gasteiger partial charge in [0.05, 0.1) is 11.5 Å². The highest BCUT2D eigenvalue weighted by Gasteiger charge is 2.21. The molecule has 2 heterocycles. The smallest absolute Gasteiger partial charge is 0.242 e. The van der Waals surface area contributed by atoms with Crippen molar-refractivity contribution in [2.75, 3.05) is 38.1 Å². The van der Waals surface area contributed by atoms with Crippen molar-refractivity contribution < 1.29 is 4.79 Å². The lowest BCUT2D eigenvalue weighted by atomic mass is 10.1. The molecule has 0 atom stereocenters. The molecule has 0 unspecified atom stereocenters. The lowest BCUT2D eigenvalue weighted by molar-refractivity contribution is -0.130. The maximum absolute atomic E-state index is 12.6. The van der Waals surface area contributed by atoms with Gasteiger partial charge in [-0.25, -0.2) is 0 Å². The summed E-state index contributed by atoms with van der Waals surface area (Å²) in [5, 5.41) is 10.1. The van der Waals surface area contributed by atoms with Gasteiger partial charge in [-0.2, -0.15) is 0 Å². The minimum atomic E-state index is 0. The van der Waals surface area contributed by atoms with Crippen molar-refractivity contribution in [3.8, 4) is 0 Å². The van der Waals surface area contributed by atoms with Crippen LogP contribution < -0.4 is 15.5 Å². The number of carbonyl (C=O) groups is 1. The Bertz CT molecular complexity index is 776. The third kappa shape index (κ3) is 7.16. The monoisotopic (exact) mass is 541 g/mol. The van der Waals surface area contributed by atoms with Crippen LogP contribution in [0, 0.1) is 0 Å². The maximum Gasteiger partial charge on any atom is 0.242 e. The topological polar surface area (TPSA) is 60.0 Å². The maximum atomic E-state index is 12.6. The van der Waals surface area contributed by atoms with Crippen LogP contribution in [0.4, 0.5) is 5.00 Å². The van der Waals surface area contributed by atoms with E-state index in [-0.39, 0.29) is 36.4 Å². The highest BCUT2D eigenvalue weighted by Crippen LogP contribution is 2.24. The van der Waals surface area contributed by atoms with E-state index in [1.165, 1.54) is 5.00 Å². The van der Waals surface area contributed by atoms with Gasteiger partial charge in [-0.15, -0.1) is 35.3 Å². The summed E-state index contributed by atoms with van der Waals surface area (Å²) in [4.78, 5) is 21.2. The molecular formula is C22H32IN5OS. The Morgan fingerprint density at radius 3 is 2.53 bits per heavy atom. The number of likely N-dealkylation sites (N-methyl/N-ethyl adjacent to an activating group) is 1. The third-order valence-corrected chi connectivity index (χ3v) is 6.16. The number of piperidine rings is 1. The van der Waals surface area contributed by atoms with Crippen LogP contribution in [0.3, 0.4) is 0 Å².